The number of ether oxygens (including phenoxy) is 1. The molecule has 0 aromatic heterocycles. The van der Waals surface area contributed by atoms with Crippen molar-refractivity contribution in [2.45, 2.75) is 12.8 Å². The lowest BCUT2D eigenvalue weighted by Crippen LogP contribution is -2.52. The first-order valence-electron chi connectivity index (χ1n) is 5.70. The molecular formula is C10H19N3O2. The number of hydrazine groups is 1. The molecular weight excluding hydrogens is 194 g/mol. The fraction of sp³-hybridized carbons (Fsp3) is 0.900. The van der Waals surface area contributed by atoms with E-state index in [0.29, 0.717) is 13.2 Å². The summed E-state index contributed by atoms with van der Waals surface area (Å²) in [6, 6.07) is 0. The summed E-state index contributed by atoms with van der Waals surface area (Å²) in [6.45, 7) is 4.88. The van der Waals surface area contributed by atoms with Gasteiger partial charge >= 0.3 is 0 Å². The summed E-state index contributed by atoms with van der Waals surface area (Å²) in [6.07, 6.45) is 2.10. The number of rotatable bonds is 2. The van der Waals surface area contributed by atoms with Crippen molar-refractivity contribution in [3.8, 4) is 0 Å². The van der Waals surface area contributed by atoms with Gasteiger partial charge in [-0.05, 0) is 19.4 Å². The second kappa shape index (κ2) is 5.44. The maximum atomic E-state index is 11.8. The Labute approximate surface area is 90.1 Å². The first kappa shape index (κ1) is 10.9. The molecule has 1 atom stereocenters. The lowest BCUT2D eigenvalue weighted by Gasteiger charge is -2.30. The largest absolute Gasteiger partial charge is 0.379 e. The highest BCUT2D eigenvalue weighted by atomic mass is 16.5. The van der Waals surface area contributed by atoms with E-state index in [9.17, 15) is 4.79 Å². The van der Waals surface area contributed by atoms with E-state index in [-0.39, 0.29) is 11.8 Å². The number of piperidine rings is 1. The molecule has 2 rings (SSSR count). The van der Waals surface area contributed by atoms with Gasteiger partial charge in [0.05, 0.1) is 19.1 Å². The molecule has 0 aromatic carbocycles. The van der Waals surface area contributed by atoms with Crippen LogP contribution in [0.4, 0.5) is 0 Å². The quantitative estimate of drug-likeness (QED) is 0.640. The predicted molar refractivity (Wildman–Crippen MR) is 56.1 cm³/mol. The van der Waals surface area contributed by atoms with Crippen molar-refractivity contribution in [3.63, 3.8) is 0 Å². The Morgan fingerprint density at radius 2 is 2.20 bits per heavy atom. The minimum Gasteiger partial charge on any atom is -0.379 e. The van der Waals surface area contributed by atoms with E-state index in [1.807, 2.05) is 5.01 Å². The standard InChI is InChI=1S/C10H19N3O2/c14-10(9-2-1-3-11-8-9)12-13-4-6-15-7-5-13/h9,11H,1-8H2,(H,12,14)/t9-/m1/s1. The summed E-state index contributed by atoms with van der Waals surface area (Å²) in [5, 5.41) is 5.21. The van der Waals surface area contributed by atoms with Crippen molar-refractivity contribution in [3.05, 3.63) is 0 Å². The molecule has 0 unspecified atom stereocenters. The van der Waals surface area contributed by atoms with Crippen LogP contribution in [-0.4, -0.2) is 50.3 Å². The van der Waals surface area contributed by atoms with E-state index in [1.54, 1.807) is 0 Å². The normalized spacial score (nSPS) is 28.7. The number of carbonyl (C=O) groups is 1. The molecule has 2 fully saturated rings. The molecule has 0 saturated carbocycles. The van der Waals surface area contributed by atoms with E-state index in [2.05, 4.69) is 10.7 Å². The first-order valence-corrected chi connectivity index (χ1v) is 5.70. The van der Waals surface area contributed by atoms with Gasteiger partial charge in [-0.3, -0.25) is 10.2 Å². The Balaban J connectivity index is 1.74. The minimum absolute atomic E-state index is 0.140. The van der Waals surface area contributed by atoms with Crippen LogP contribution in [0.5, 0.6) is 0 Å². The third-order valence-corrected chi connectivity index (χ3v) is 2.95. The van der Waals surface area contributed by atoms with Gasteiger partial charge in [-0.25, -0.2) is 5.01 Å². The van der Waals surface area contributed by atoms with Gasteiger partial charge in [0.1, 0.15) is 0 Å². The van der Waals surface area contributed by atoms with Crippen molar-refractivity contribution in [1.29, 1.82) is 0 Å². The molecule has 2 heterocycles. The van der Waals surface area contributed by atoms with Crippen molar-refractivity contribution in [1.82, 2.24) is 15.8 Å². The average molecular weight is 213 g/mol. The van der Waals surface area contributed by atoms with Crippen LogP contribution in [0.2, 0.25) is 0 Å². The number of amides is 1. The van der Waals surface area contributed by atoms with Gasteiger partial charge < -0.3 is 10.1 Å². The van der Waals surface area contributed by atoms with E-state index in [4.69, 9.17) is 4.74 Å². The zero-order chi connectivity index (χ0) is 10.5. The summed E-state index contributed by atoms with van der Waals surface area (Å²) in [5.74, 6) is 0.297. The number of hydrogen-bond donors (Lipinski definition) is 2. The third kappa shape index (κ3) is 3.15. The summed E-state index contributed by atoms with van der Waals surface area (Å²) in [5.41, 5.74) is 2.96. The zero-order valence-corrected chi connectivity index (χ0v) is 9.00. The third-order valence-electron chi connectivity index (χ3n) is 2.95. The zero-order valence-electron chi connectivity index (χ0n) is 9.00. The smallest absolute Gasteiger partial charge is 0.238 e. The Kier molecular flexibility index (Phi) is 3.94. The van der Waals surface area contributed by atoms with Crippen molar-refractivity contribution in [2.75, 3.05) is 39.4 Å². The minimum atomic E-state index is 0.140. The van der Waals surface area contributed by atoms with Crippen LogP contribution in [0.3, 0.4) is 0 Å². The first-order chi connectivity index (χ1) is 7.36. The van der Waals surface area contributed by atoms with Crippen LogP contribution in [0.25, 0.3) is 0 Å². The molecule has 0 spiro atoms. The molecule has 0 radical (unpaired) electrons. The summed E-state index contributed by atoms with van der Waals surface area (Å²) >= 11 is 0. The highest BCUT2D eigenvalue weighted by Gasteiger charge is 2.23. The molecule has 2 aliphatic heterocycles. The lowest BCUT2D eigenvalue weighted by molar-refractivity contribution is -0.132. The van der Waals surface area contributed by atoms with Crippen LogP contribution in [-0.2, 0) is 9.53 Å². The predicted octanol–water partition coefficient (Wildman–Crippen LogP) is -0.651. The van der Waals surface area contributed by atoms with E-state index in [0.717, 1.165) is 39.0 Å². The lowest BCUT2D eigenvalue weighted by atomic mass is 9.99. The molecule has 2 saturated heterocycles. The molecule has 2 N–H and O–H groups in total. The molecule has 0 bridgehead atoms. The van der Waals surface area contributed by atoms with Crippen LogP contribution in [0.15, 0.2) is 0 Å². The monoisotopic (exact) mass is 213 g/mol. The maximum Gasteiger partial charge on any atom is 0.238 e. The van der Waals surface area contributed by atoms with Gasteiger partial charge in [-0.1, -0.05) is 0 Å². The fourth-order valence-electron chi connectivity index (χ4n) is 2.00. The summed E-state index contributed by atoms with van der Waals surface area (Å²) < 4.78 is 5.22. The number of hydrogen-bond acceptors (Lipinski definition) is 4. The van der Waals surface area contributed by atoms with Crippen molar-refractivity contribution < 1.29 is 9.53 Å². The highest BCUT2D eigenvalue weighted by molar-refractivity contribution is 5.78. The van der Waals surface area contributed by atoms with Gasteiger partial charge in [0.25, 0.3) is 0 Å². The van der Waals surface area contributed by atoms with E-state index >= 15 is 0 Å². The van der Waals surface area contributed by atoms with E-state index < -0.39 is 0 Å². The Hall–Kier alpha value is -0.650. The topological polar surface area (TPSA) is 53.6 Å². The summed E-state index contributed by atoms with van der Waals surface area (Å²) in [7, 11) is 0. The van der Waals surface area contributed by atoms with Crippen molar-refractivity contribution >= 4 is 5.91 Å². The molecule has 0 aromatic rings. The average Bonchev–Trinajstić information content (AvgIpc) is 2.31. The van der Waals surface area contributed by atoms with Gasteiger partial charge in [-0.15, -0.1) is 0 Å². The molecule has 86 valence electrons. The van der Waals surface area contributed by atoms with Crippen LogP contribution < -0.4 is 10.7 Å². The molecule has 2 aliphatic rings. The fourth-order valence-corrected chi connectivity index (χ4v) is 2.00. The second-order valence-electron chi connectivity index (χ2n) is 4.12. The number of carbonyl (C=O) groups excluding carboxylic acids is 1. The molecule has 15 heavy (non-hydrogen) atoms. The Bertz CT molecular complexity index is 211. The summed E-state index contributed by atoms with van der Waals surface area (Å²) in [4.78, 5) is 11.8. The SMILES string of the molecule is O=C(NN1CCOCC1)[C@@H]1CCCNC1. The maximum absolute atomic E-state index is 11.8. The number of morpholine rings is 1. The number of nitrogens with zero attached hydrogens (tertiary/aromatic N) is 1. The Morgan fingerprint density at radius 1 is 1.40 bits per heavy atom. The van der Waals surface area contributed by atoms with Gasteiger partial charge in [0, 0.05) is 19.6 Å². The van der Waals surface area contributed by atoms with Gasteiger partial charge in [0.15, 0.2) is 0 Å². The second-order valence-corrected chi connectivity index (χ2v) is 4.12. The Morgan fingerprint density at radius 3 is 2.87 bits per heavy atom. The molecule has 0 aliphatic carbocycles. The van der Waals surface area contributed by atoms with Gasteiger partial charge in [0.2, 0.25) is 5.91 Å². The van der Waals surface area contributed by atoms with Crippen LogP contribution in [0, 0.1) is 5.92 Å². The molecule has 1 amide bonds. The van der Waals surface area contributed by atoms with Crippen LogP contribution in [0.1, 0.15) is 12.8 Å². The highest BCUT2D eigenvalue weighted by Crippen LogP contribution is 2.10. The van der Waals surface area contributed by atoms with E-state index in [1.165, 1.54) is 0 Å². The number of nitrogens with one attached hydrogen (secondary N) is 2. The molecule has 5 heteroatoms. The molecule has 5 nitrogen and oxygen atoms in total. The van der Waals surface area contributed by atoms with Gasteiger partial charge in [-0.2, -0.15) is 0 Å². The van der Waals surface area contributed by atoms with Crippen LogP contribution >= 0.6 is 0 Å². The van der Waals surface area contributed by atoms with Crippen molar-refractivity contribution in [2.24, 2.45) is 5.92 Å².